The average Bonchev–Trinajstić information content (AvgIpc) is 2.54. The van der Waals surface area contributed by atoms with Crippen LogP contribution in [0, 0.1) is 13.8 Å². The second-order valence-electron chi connectivity index (χ2n) is 6.98. The van der Waals surface area contributed by atoms with Crippen LogP contribution in [0.15, 0.2) is 48.5 Å². The number of benzene rings is 2. The highest BCUT2D eigenvalue weighted by molar-refractivity contribution is 7.98. The van der Waals surface area contributed by atoms with Crippen molar-refractivity contribution in [1.29, 1.82) is 0 Å². The van der Waals surface area contributed by atoms with E-state index in [0.717, 1.165) is 11.1 Å². The zero-order valence-corrected chi connectivity index (χ0v) is 17.9. The van der Waals surface area contributed by atoms with Crippen LogP contribution in [-0.4, -0.2) is 37.5 Å². The van der Waals surface area contributed by atoms with Gasteiger partial charge in [0, 0.05) is 0 Å². The van der Waals surface area contributed by atoms with Crippen molar-refractivity contribution in [3.63, 3.8) is 0 Å². The number of hydrogen-bond acceptors (Lipinski definition) is 2. The van der Waals surface area contributed by atoms with Crippen molar-refractivity contribution in [3.05, 3.63) is 59.7 Å². The zero-order valence-electron chi connectivity index (χ0n) is 16.1. The Hall–Kier alpha value is -1.58. The minimum atomic E-state index is -3.25. The van der Waals surface area contributed by atoms with Crippen molar-refractivity contribution in [1.82, 2.24) is 9.34 Å². The van der Waals surface area contributed by atoms with Gasteiger partial charge < -0.3 is 0 Å². The molecule has 2 aromatic carbocycles. The molecule has 0 saturated carbocycles. The SMILES string of the molecule is Cc1cccc(N2P(=O)(N(C)C)N(c3cccc(C)c3)P2(=O)N(C)C)c1. The normalized spacial score (nSPS) is 25.7. The molecule has 1 heterocycles. The van der Waals surface area contributed by atoms with Gasteiger partial charge in [-0.15, -0.1) is 0 Å². The van der Waals surface area contributed by atoms with E-state index in [1.165, 1.54) is 0 Å². The summed E-state index contributed by atoms with van der Waals surface area (Å²) in [5.41, 5.74) is 3.49. The van der Waals surface area contributed by atoms with E-state index in [0.29, 0.717) is 11.4 Å². The highest BCUT2D eigenvalue weighted by Crippen LogP contribution is 2.88. The molecular weight excluding hydrogens is 366 g/mol. The lowest BCUT2D eigenvalue weighted by atomic mass is 10.2. The number of rotatable bonds is 4. The Balaban J connectivity index is 2.25. The summed E-state index contributed by atoms with van der Waals surface area (Å²) in [4.78, 5) is 0. The first-order valence-corrected chi connectivity index (χ1v) is 11.6. The molecule has 2 aromatic rings. The molecule has 3 rings (SSSR count). The van der Waals surface area contributed by atoms with Gasteiger partial charge in [-0.2, -0.15) is 0 Å². The van der Waals surface area contributed by atoms with E-state index >= 15 is 0 Å². The molecule has 1 aliphatic rings. The highest BCUT2D eigenvalue weighted by Gasteiger charge is 2.67. The summed E-state index contributed by atoms with van der Waals surface area (Å²) in [6, 6.07) is 15.4. The molecule has 1 fully saturated rings. The predicted molar refractivity (Wildman–Crippen MR) is 110 cm³/mol. The first-order valence-electron chi connectivity index (χ1n) is 8.44. The van der Waals surface area contributed by atoms with Crippen LogP contribution in [0.1, 0.15) is 11.1 Å². The van der Waals surface area contributed by atoms with E-state index in [-0.39, 0.29) is 0 Å². The maximum Gasteiger partial charge on any atom is 0.350 e. The van der Waals surface area contributed by atoms with Gasteiger partial charge in [0.25, 0.3) is 0 Å². The Morgan fingerprint density at radius 2 is 1.04 bits per heavy atom. The molecule has 0 N–H and O–H groups in total. The Labute approximate surface area is 156 Å². The van der Waals surface area contributed by atoms with Gasteiger partial charge in [0.1, 0.15) is 0 Å². The number of aryl methyl sites for hydroxylation is 2. The van der Waals surface area contributed by atoms with Crippen LogP contribution in [0.5, 0.6) is 0 Å². The van der Waals surface area contributed by atoms with Crippen molar-refractivity contribution in [2.75, 3.05) is 37.1 Å². The summed E-state index contributed by atoms with van der Waals surface area (Å²) >= 11 is 0. The highest BCUT2D eigenvalue weighted by atomic mass is 31.3. The molecule has 0 spiro atoms. The fourth-order valence-corrected chi connectivity index (χ4v) is 11.4. The van der Waals surface area contributed by atoms with Gasteiger partial charge in [-0.3, -0.25) is 9.13 Å². The monoisotopic (exact) mass is 392 g/mol. The minimum absolute atomic E-state index is 0.711. The lowest BCUT2D eigenvalue weighted by Gasteiger charge is -2.60. The molecule has 0 bridgehead atoms. The average molecular weight is 392 g/mol. The van der Waals surface area contributed by atoms with Crippen LogP contribution in [0.2, 0.25) is 0 Å². The van der Waals surface area contributed by atoms with Crippen molar-refractivity contribution in [3.8, 4) is 0 Å². The second kappa shape index (κ2) is 6.54. The lowest BCUT2D eigenvalue weighted by molar-refractivity contribution is 0.479. The Morgan fingerprint density at radius 3 is 1.31 bits per heavy atom. The predicted octanol–water partition coefficient (Wildman–Crippen LogP) is 4.97. The standard InChI is InChI=1S/C18H26N4O2P2/c1-15-9-7-11-17(13-15)21-25(23,19(3)4)22(26(21,24)20(5)6)18-12-8-10-16(2)14-18/h7-14H,1-6H3. The Morgan fingerprint density at radius 1 is 0.692 bits per heavy atom. The van der Waals surface area contributed by atoms with Crippen LogP contribution < -0.4 is 8.88 Å². The Bertz CT molecular complexity index is 837. The van der Waals surface area contributed by atoms with Crippen LogP contribution >= 0.6 is 15.2 Å². The largest absolute Gasteiger partial charge is 0.350 e. The summed E-state index contributed by atoms with van der Waals surface area (Å²) in [6.45, 7) is 3.95. The van der Waals surface area contributed by atoms with Gasteiger partial charge in [0.05, 0.1) is 11.4 Å². The van der Waals surface area contributed by atoms with Gasteiger partial charge in [0.2, 0.25) is 0 Å². The smallest absolute Gasteiger partial charge is 0.256 e. The van der Waals surface area contributed by atoms with Crippen molar-refractivity contribution in [2.24, 2.45) is 0 Å². The maximum absolute atomic E-state index is 14.2. The number of hydrogen-bond donors (Lipinski definition) is 0. The van der Waals surface area contributed by atoms with Gasteiger partial charge in [0.15, 0.2) is 0 Å². The fraction of sp³-hybridized carbons (Fsp3) is 0.333. The molecule has 6 nitrogen and oxygen atoms in total. The topological polar surface area (TPSA) is 47.1 Å². The molecule has 1 aliphatic heterocycles. The minimum Gasteiger partial charge on any atom is -0.256 e. The first kappa shape index (κ1) is 19.2. The van der Waals surface area contributed by atoms with E-state index in [1.807, 2.05) is 62.4 Å². The van der Waals surface area contributed by atoms with E-state index in [9.17, 15) is 9.13 Å². The molecule has 0 aliphatic carbocycles. The molecule has 1 saturated heterocycles. The summed E-state index contributed by atoms with van der Waals surface area (Å²) < 4.78 is 34.9. The summed E-state index contributed by atoms with van der Waals surface area (Å²) in [7, 11) is 0.580. The molecule has 140 valence electrons. The molecule has 0 atom stereocenters. The first-order chi connectivity index (χ1) is 12.1. The molecular formula is C18H26N4O2P2. The van der Waals surface area contributed by atoms with E-state index in [2.05, 4.69) is 0 Å². The van der Waals surface area contributed by atoms with Gasteiger partial charge in [-0.1, -0.05) is 24.3 Å². The molecule has 0 radical (unpaired) electrons. The zero-order chi connectivity index (χ0) is 19.3. The second-order valence-corrected chi connectivity index (χ2v) is 12.9. The molecule has 0 amide bonds. The van der Waals surface area contributed by atoms with Gasteiger partial charge in [-0.05, 0) is 77.4 Å². The third kappa shape index (κ3) is 2.64. The maximum atomic E-state index is 14.2. The van der Waals surface area contributed by atoms with Crippen molar-refractivity contribution in [2.45, 2.75) is 13.8 Å². The van der Waals surface area contributed by atoms with Crippen LogP contribution in [0.3, 0.4) is 0 Å². The number of nitrogens with zero attached hydrogens (tertiary/aromatic N) is 4. The van der Waals surface area contributed by atoms with Crippen molar-refractivity contribution >= 4 is 26.6 Å². The van der Waals surface area contributed by atoms with E-state index < -0.39 is 15.2 Å². The molecule has 0 unspecified atom stereocenters. The van der Waals surface area contributed by atoms with Gasteiger partial charge >= 0.3 is 15.2 Å². The van der Waals surface area contributed by atoms with Crippen molar-refractivity contribution < 1.29 is 9.13 Å². The van der Waals surface area contributed by atoms with E-state index in [1.54, 1.807) is 46.4 Å². The Kier molecular flexibility index (Phi) is 4.83. The third-order valence-electron chi connectivity index (χ3n) is 4.49. The fourth-order valence-electron chi connectivity index (χ4n) is 3.22. The summed E-state index contributed by atoms with van der Waals surface area (Å²) in [6.07, 6.45) is 0. The molecule has 26 heavy (non-hydrogen) atoms. The molecule has 0 aromatic heterocycles. The van der Waals surface area contributed by atoms with E-state index in [4.69, 9.17) is 0 Å². The van der Waals surface area contributed by atoms with Crippen LogP contribution in [0.4, 0.5) is 11.4 Å². The molecule has 8 heteroatoms. The number of anilines is 2. The lowest BCUT2D eigenvalue weighted by Crippen LogP contribution is -2.51. The van der Waals surface area contributed by atoms with Crippen LogP contribution in [0.25, 0.3) is 0 Å². The van der Waals surface area contributed by atoms with Crippen LogP contribution in [-0.2, 0) is 9.13 Å². The summed E-state index contributed by atoms with van der Waals surface area (Å²) in [5.74, 6) is 0. The quantitative estimate of drug-likeness (QED) is 0.685. The third-order valence-corrected chi connectivity index (χ3v) is 12.3. The summed E-state index contributed by atoms with van der Waals surface area (Å²) in [5, 5.41) is 0. The van der Waals surface area contributed by atoms with Gasteiger partial charge in [-0.25, -0.2) is 18.2 Å².